The van der Waals surface area contributed by atoms with Gasteiger partial charge < -0.3 is 26.6 Å². The molecule has 2 aliphatic rings. The average Bonchev–Trinajstić information content (AvgIpc) is 3.53. The van der Waals surface area contributed by atoms with E-state index in [9.17, 15) is 24.0 Å². The highest BCUT2D eigenvalue weighted by atomic mass is 32.2. The van der Waals surface area contributed by atoms with Gasteiger partial charge in [0.25, 0.3) is 5.91 Å². The van der Waals surface area contributed by atoms with Gasteiger partial charge >= 0.3 is 6.03 Å². The Morgan fingerprint density at radius 2 is 1.53 bits per heavy atom. The molecule has 1 aliphatic carbocycles. The number of allylic oxidation sites excluding steroid dienone is 1. The topological polar surface area (TPSA) is 154 Å². The maximum atomic E-state index is 14.1. The second-order valence-electron chi connectivity index (χ2n) is 15.1. The number of carbonyl (C=O) groups is 5. The van der Waals surface area contributed by atoms with Gasteiger partial charge in [0.15, 0.2) is 0 Å². The van der Waals surface area contributed by atoms with Crippen molar-refractivity contribution in [3.05, 3.63) is 22.3 Å². The molecule has 2 rings (SSSR count). The van der Waals surface area contributed by atoms with Crippen molar-refractivity contribution in [2.45, 2.75) is 152 Å². The lowest BCUT2D eigenvalue weighted by atomic mass is 9.80. The molecular weight excluding hydrogens is 685 g/mol. The van der Waals surface area contributed by atoms with Gasteiger partial charge in [0.05, 0.1) is 10.3 Å². The first kappa shape index (κ1) is 48.5. The Morgan fingerprint density at radius 1 is 0.941 bits per heavy atom. The number of amides is 5. The fourth-order valence-electron chi connectivity index (χ4n) is 5.46. The number of likely N-dealkylation sites (N-methyl/N-ethyl adjacent to an activating group) is 1. The van der Waals surface area contributed by atoms with Crippen LogP contribution in [0.5, 0.6) is 0 Å². The molecule has 0 aromatic heterocycles. The van der Waals surface area contributed by atoms with E-state index in [0.717, 1.165) is 30.0 Å². The Kier molecular flexibility index (Phi) is 22.8. The standard InChI is InChI=1S/C33H56N6O5S2.C3H8.C2H6/c1-10-18-45-21(3)46-38(11-2)20-25(32(4,5)6)36-31(44)37-27(33(7,8)9)30(43)39-17-13-16-24(39)29(42)35-23(26(40)28(34)41)19-22-14-12-15-22;1-3-2;1-2/h10,18,22-25,27H,3,11-17,19-20H2,1-2,4-9H3,(H2,34,41)(H,35,42)(H2,36,37,44);3H2,1-2H3;1-2H3/b18-10-;;. The molecule has 294 valence electrons. The first-order valence-electron chi connectivity index (χ1n) is 18.7. The molecule has 0 spiro atoms. The Hall–Kier alpha value is -2.51. The van der Waals surface area contributed by atoms with Gasteiger partial charge in [0.2, 0.25) is 17.6 Å². The zero-order valence-electron chi connectivity index (χ0n) is 33.6. The molecule has 1 saturated carbocycles. The third-order valence-corrected chi connectivity index (χ3v) is 10.6. The molecule has 1 saturated heterocycles. The van der Waals surface area contributed by atoms with E-state index in [4.69, 9.17) is 5.73 Å². The molecule has 0 radical (unpaired) electrons. The number of Topliss-reactive ketones (excluding diaryl/α,β-unsaturated/α-hetero) is 1. The van der Waals surface area contributed by atoms with Crippen LogP contribution in [-0.4, -0.2) is 82.5 Å². The van der Waals surface area contributed by atoms with Crippen LogP contribution in [0.4, 0.5) is 4.79 Å². The minimum Gasteiger partial charge on any atom is -0.363 e. The molecule has 11 nitrogen and oxygen atoms in total. The van der Waals surface area contributed by atoms with Crippen molar-refractivity contribution in [1.82, 2.24) is 25.2 Å². The van der Waals surface area contributed by atoms with E-state index in [1.54, 1.807) is 23.7 Å². The van der Waals surface area contributed by atoms with Gasteiger partial charge in [-0.3, -0.25) is 19.2 Å². The monoisotopic (exact) mass is 754 g/mol. The van der Waals surface area contributed by atoms with Crippen molar-refractivity contribution in [3.63, 3.8) is 0 Å². The van der Waals surface area contributed by atoms with E-state index in [1.165, 1.54) is 11.3 Å². The van der Waals surface area contributed by atoms with E-state index < -0.39 is 47.2 Å². The second-order valence-corrected chi connectivity index (χ2v) is 17.5. The summed E-state index contributed by atoms with van der Waals surface area (Å²) in [5.74, 6) is -2.51. The summed E-state index contributed by atoms with van der Waals surface area (Å²) in [5.41, 5.74) is 4.32. The summed E-state index contributed by atoms with van der Waals surface area (Å²) < 4.78 is 3.07. The highest BCUT2D eigenvalue weighted by Crippen LogP contribution is 2.33. The van der Waals surface area contributed by atoms with E-state index in [1.807, 2.05) is 53.0 Å². The highest BCUT2D eigenvalue weighted by molar-refractivity contribution is 8.22. The number of ketones is 1. The molecule has 0 aromatic carbocycles. The molecule has 0 bridgehead atoms. The number of nitrogens with zero attached hydrogens (tertiary/aromatic N) is 2. The van der Waals surface area contributed by atoms with E-state index in [2.05, 4.69) is 68.4 Å². The van der Waals surface area contributed by atoms with Gasteiger partial charge in [-0.05, 0) is 60.3 Å². The van der Waals surface area contributed by atoms with Crippen LogP contribution in [0, 0.1) is 16.7 Å². The Morgan fingerprint density at radius 3 is 1.98 bits per heavy atom. The van der Waals surface area contributed by atoms with Crippen LogP contribution in [0.2, 0.25) is 0 Å². The fourth-order valence-corrected chi connectivity index (χ4v) is 7.05. The lowest BCUT2D eigenvalue weighted by Crippen LogP contribution is -2.61. The number of hydrogen-bond acceptors (Lipinski definition) is 8. The smallest absolute Gasteiger partial charge is 0.315 e. The summed E-state index contributed by atoms with van der Waals surface area (Å²) in [6.07, 6.45) is 7.49. The highest BCUT2D eigenvalue weighted by Gasteiger charge is 2.43. The third kappa shape index (κ3) is 17.2. The Balaban J connectivity index is 0.00000473. The summed E-state index contributed by atoms with van der Waals surface area (Å²) in [6, 6.07) is -3.48. The lowest BCUT2D eigenvalue weighted by Gasteiger charge is -2.38. The van der Waals surface area contributed by atoms with Gasteiger partial charge in [0.1, 0.15) is 12.1 Å². The number of carbonyl (C=O) groups excluding carboxylic acids is 5. The molecule has 0 aromatic rings. The normalized spacial score (nSPS) is 17.9. The molecule has 1 heterocycles. The van der Waals surface area contributed by atoms with Crippen molar-refractivity contribution in [2.24, 2.45) is 22.5 Å². The van der Waals surface area contributed by atoms with Crippen molar-refractivity contribution >= 4 is 53.2 Å². The molecule has 5 N–H and O–H groups in total. The summed E-state index contributed by atoms with van der Waals surface area (Å²) in [6.45, 7) is 29.8. The quantitative estimate of drug-likeness (QED) is 0.0972. The number of rotatable bonds is 16. The minimum absolute atomic E-state index is 0.249. The minimum atomic E-state index is -1.08. The molecule has 2 fully saturated rings. The summed E-state index contributed by atoms with van der Waals surface area (Å²) in [7, 11) is 0. The molecular formula is C38H70N6O5S2. The zero-order chi connectivity index (χ0) is 39.5. The molecule has 13 heteroatoms. The van der Waals surface area contributed by atoms with Crippen LogP contribution in [0.15, 0.2) is 22.3 Å². The number of likely N-dealkylation sites (tertiary alicyclic amines) is 1. The van der Waals surface area contributed by atoms with Crippen LogP contribution in [0.25, 0.3) is 0 Å². The van der Waals surface area contributed by atoms with E-state index >= 15 is 0 Å². The van der Waals surface area contributed by atoms with Crippen molar-refractivity contribution in [1.29, 1.82) is 0 Å². The predicted molar refractivity (Wildman–Crippen MR) is 215 cm³/mol. The number of nitrogens with one attached hydrogen (secondary N) is 3. The molecule has 5 amide bonds. The van der Waals surface area contributed by atoms with Crippen molar-refractivity contribution < 1.29 is 24.0 Å². The SMILES string of the molecule is C=C(S/C=C\C)SN(CC)CC(NC(=O)NC(C(=O)N1CCCC1C(=O)NC(CC1CCC1)C(=O)C(N)=O)C(C)(C)C)C(C)(C)C.CC.CCC. The molecule has 51 heavy (non-hydrogen) atoms. The van der Waals surface area contributed by atoms with Crippen LogP contribution >= 0.6 is 23.7 Å². The zero-order valence-corrected chi connectivity index (χ0v) is 35.3. The van der Waals surface area contributed by atoms with Crippen molar-refractivity contribution in [2.75, 3.05) is 19.6 Å². The first-order valence-corrected chi connectivity index (χ1v) is 20.4. The summed E-state index contributed by atoms with van der Waals surface area (Å²) in [4.78, 5) is 66.8. The number of thioether (sulfide) groups is 1. The van der Waals surface area contributed by atoms with Gasteiger partial charge in [-0.15, -0.1) is 0 Å². The lowest BCUT2D eigenvalue weighted by molar-refractivity contribution is -0.143. The van der Waals surface area contributed by atoms with E-state index in [-0.39, 0.29) is 23.3 Å². The Bertz CT molecular complexity index is 1160. The number of nitrogens with two attached hydrogens (primary N) is 1. The molecule has 4 unspecified atom stereocenters. The predicted octanol–water partition coefficient (Wildman–Crippen LogP) is 6.99. The van der Waals surface area contributed by atoms with Crippen LogP contribution in [-0.2, 0) is 19.2 Å². The number of primary amides is 1. The molecule has 4 atom stereocenters. The average molecular weight is 755 g/mol. The van der Waals surface area contributed by atoms with Crippen LogP contribution in [0.3, 0.4) is 0 Å². The second kappa shape index (κ2) is 23.9. The first-order chi connectivity index (χ1) is 23.8. The number of hydrogen-bond donors (Lipinski definition) is 4. The summed E-state index contributed by atoms with van der Waals surface area (Å²) in [5, 5.41) is 10.7. The van der Waals surface area contributed by atoms with E-state index in [0.29, 0.717) is 32.4 Å². The fraction of sp³-hybridized carbons (Fsp3) is 0.763. The largest absolute Gasteiger partial charge is 0.363 e. The number of urea groups is 1. The van der Waals surface area contributed by atoms with Gasteiger partial charge in [-0.2, -0.15) is 0 Å². The van der Waals surface area contributed by atoms with Crippen molar-refractivity contribution in [3.8, 4) is 0 Å². The Labute approximate surface area is 318 Å². The van der Waals surface area contributed by atoms with Crippen LogP contribution in [0.1, 0.15) is 128 Å². The third-order valence-electron chi connectivity index (χ3n) is 8.55. The molecule has 1 aliphatic heterocycles. The van der Waals surface area contributed by atoms with Gasteiger partial charge in [-0.1, -0.05) is 126 Å². The van der Waals surface area contributed by atoms with Gasteiger partial charge in [-0.25, -0.2) is 9.10 Å². The maximum absolute atomic E-state index is 14.1. The van der Waals surface area contributed by atoms with Gasteiger partial charge in [0, 0.05) is 25.7 Å². The summed E-state index contributed by atoms with van der Waals surface area (Å²) >= 11 is 3.09. The maximum Gasteiger partial charge on any atom is 0.315 e. The van der Waals surface area contributed by atoms with Crippen LogP contribution < -0.4 is 21.7 Å².